The minimum Gasteiger partial charge on any atom is -0.492 e. The van der Waals surface area contributed by atoms with Crippen LogP contribution in [0, 0.1) is 5.82 Å². The van der Waals surface area contributed by atoms with E-state index in [1.807, 2.05) is 19.1 Å². The fraction of sp³-hybridized carbons (Fsp3) is 0.286. The van der Waals surface area contributed by atoms with E-state index < -0.39 is 29.2 Å². The molecule has 3 aromatic rings. The van der Waals surface area contributed by atoms with E-state index in [4.69, 9.17) is 9.47 Å². The van der Waals surface area contributed by atoms with E-state index in [0.717, 1.165) is 12.8 Å². The van der Waals surface area contributed by atoms with Crippen LogP contribution in [0.3, 0.4) is 0 Å². The van der Waals surface area contributed by atoms with E-state index in [2.05, 4.69) is 5.32 Å². The van der Waals surface area contributed by atoms with Crippen LogP contribution in [0.25, 0.3) is 0 Å². The first kappa shape index (κ1) is 23.5. The maximum absolute atomic E-state index is 14.8. The van der Waals surface area contributed by atoms with E-state index in [0.29, 0.717) is 42.0 Å². The molecule has 0 aliphatic heterocycles. The topological polar surface area (TPSA) is 64.6 Å². The molecule has 0 aromatic heterocycles. The number of esters is 1. The van der Waals surface area contributed by atoms with Crippen LogP contribution in [0.2, 0.25) is 0 Å². The average molecular weight is 462 g/mol. The fourth-order valence-electron chi connectivity index (χ4n) is 4.58. The smallest absolute Gasteiger partial charge is 0.317 e. The Morgan fingerprint density at radius 3 is 2.29 bits per heavy atom. The molecule has 1 saturated carbocycles. The van der Waals surface area contributed by atoms with Crippen molar-refractivity contribution in [2.45, 2.75) is 44.1 Å². The minimum absolute atomic E-state index is 0.325. The van der Waals surface area contributed by atoms with Crippen LogP contribution in [0.1, 0.15) is 49.8 Å². The van der Waals surface area contributed by atoms with Crippen LogP contribution < -0.4 is 10.1 Å². The molecule has 0 heterocycles. The Balaban J connectivity index is 1.65. The number of hydrogen-bond donors (Lipinski definition) is 1. The van der Waals surface area contributed by atoms with Crippen LogP contribution >= 0.6 is 0 Å². The summed E-state index contributed by atoms with van der Waals surface area (Å²) in [4.78, 5) is 27.0. The highest BCUT2D eigenvalue weighted by molar-refractivity contribution is 5.98. The Hall–Kier alpha value is -3.67. The normalized spacial score (nSPS) is 15.4. The monoisotopic (exact) mass is 461 g/mol. The highest BCUT2D eigenvalue weighted by Crippen LogP contribution is 2.44. The van der Waals surface area contributed by atoms with Gasteiger partial charge in [0.2, 0.25) is 6.10 Å². The van der Waals surface area contributed by atoms with Gasteiger partial charge in [0.05, 0.1) is 17.7 Å². The summed E-state index contributed by atoms with van der Waals surface area (Å²) in [6, 6.07) is 22.2. The molecule has 1 aliphatic carbocycles. The number of benzene rings is 3. The number of nitrogens with one attached hydrogen (secondary N) is 1. The molecule has 5 nitrogen and oxygen atoms in total. The Morgan fingerprint density at radius 1 is 0.941 bits per heavy atom. The summed E-state index contributed by atoms with van der Waals surface area (Å²) in [6.45, 7) is 2.30. The quantitative estimate of drug-likeness (QED) is 0.421. The molecule has 176 valence electrons. The molecule has 0 saturated heterocycles. The second-order valence-corrected chi connectivity index (χ2v) is 8.38. The third-order valence-electron chi connectivity index (χ3n) is 6.25. The first-order valence-corrected chi connectivity index (χ1v) is 11.6. The molecule has 0 radical (unpaired) electrons. The van der Waals surface area contributed by atoms with Crippen molar-refractivity contribution in [1.29, 1.82) is 0 Å². The second-order valence-electron chi connectivity index (χ2n) is 8.38. The Kier molecular flexibility index (Phi) is 7.26. The lowest BCUT2D eigenvalue weighted by Gasteiger charge is -2.30. The number of hydrogen-bond acceptors (Lipinski definition) is 4. The van der Waals surface area contributed by atoms with Crippen LogP contribution in [0.4, 0.5) is 10.1 Å². The van der Waals surface area contributed by atoms with E-state index in [1.165, 1.54) is 6.07 Å². The van der Waals surface area contributed by atoms with Gasteiger partial charge < -0.3 is 14.8 Å². The van der Waals surface area contributed by atoms with Crippen molar-refractivity contribution in [3.63, 3.8) is 0 Å². The molecule has 1 aliphatic rings. The lowest BCUT2D eigenvalue weighted by molar-refractivity contribution is -0.160. The van der Waals surface area contributed by atoms with Gasteiger partial charge in [-0.25, -0.2) is 4.39 Å². The zero-order valence-corrected chi connectivity index (χ0v) is 19.1. The zero-order valence-electron chi connectivity index (χ0n) is 19.1. The highest BCUT2D eigenvalue weighted by atomic mass is 19.1. The summed E-state index contributed by atoms with van der Waals surface area (Å²) in [6.07, 6.45) is 1.32. The lowest BCUT2D eigenvalue weighted by atomic mass is 9.78. The molecule has 6 heteroatoms. The molecule has 0 spiro atoms. The van der Waals surface area contributed by atoms with Crippen LogP contribution in [-0.2, 0) is 19.7 Å². The van der Waals surface area contributed by atoms with Crippen LogP contribution in [0.5, 0.6) is 5.75 Å². The van der Waals surface area contributed by atoms with Gasteiger partial charge in [0, 0.05) is 11.1 Å². The van der Waals surface area contributed by atoms with Crippen LogP contribution in [0.15, 0.2) is 78.9 Å². The molecule has 4 rings (SSSR count). The molecule has 34 heavy (non-hydrogen) atoms. The van der Waals surface area contributed by atoms with Gasteiger partial charge in [-0.05, 0) is 38.0 Å². The second kappa shape index (κ2) is 10.5. The largest absolute Gasteiger partial charge is 0.492 e. The number of rotatable bonds is 8. The average Bonchev–Trinajstić information content (AvgIpc) is 3.35. The summed E-state index contributed by atoms with van der Waals surface area (Å²) in [5.74, 6) is -1.01. The number of carbonyl (C=O) groups excluding carboxylic acids is 2. The van der Waals surface area contributed by atoms with E-state index >= 15 is 0 Å². The van der Waals surface area contributed by atoms with E-state index in [-0.39, 0.29) is 0 Å². The maximum atomic E-state index is 14.8. The molecule has 1 amide bonds. The van der Waals surface area contributed by atoms with Crippen molar-refractivity contribution in [3.05, 3.63) is 95.8 Å². The zero-order chi connectivity index (χ0) is 24.0. The third kappa shape index (κ3) is 4.81. The summed E-state index contributed by atoms with van der Waals surface area (Å²) in [5.41, 5.74) is 0.230. The predicted octanol–water partition coefficient (Wildman–Crippen LogP) is 5.96. The van der Waals surface area contributed by atoms with Crippen molar-refractivity contribution in [2.24, 2.45) is 0 Å². The van der Waals surface area contributed by atoms with Crippen molar-refractivity contribution < 1.29 is 23.5 Å². The molecule has 1 atom stereocenters. The Labute approximate surface area is 198 Å². The lowest BCUT2D eigenvalue weighted by Crippen LogP contribution is -2.38. The molecule has 0 bridgehead atoms. The van der Waals surface area contributed by atoms with Gasteiger partial charge in [0.1, 0.15) is 11.6 Å². The minimum atomic E-state index is -1.20. The van der Waals surface area contributed by atoms with Gasteiger partial charge in [-0.3, -0.25) is 9.59 Å². The van der Waals surface area contributed by atoms with Crippen LogP contribution in [-0.4, -0.2) is 18.5 Å². The number of carbonyl (C=O) groups is 2. The van der Waals surface area contributed by atoms with E-state index in [1.54, 1.807) is 60.7 Å². The third-order valence-corrected chi connectivity index (χ3v) is 6.25. The van der Waals surface area contributed by atoms with Gasteiger partial charge in [-0.15, -0.1) is 0 Å². The van der Waals surface area contributed by atoms with Gasteiger partial charge in [-0.2, -0.15) is 0 Å². The predicted molar refractivity (Wildman–Crippen MR) is 128 cm³/mol. The summed E-state index contributed by atoms with van der Waals surface area (Å²) < 4.78 is 26.3. The van der Waals surface area contributed by atoms with Gasteiger partial charge in [-0.1, -0.05) is 73.5 Å². The SMILES string of the molecule is CCOc1ccccc1NC(=O)C(OC(=O)C1(c2ccccc2F)CCCC1)c1ccccc1. The number of amides is 1. The molecule has 1 unspecified atom stereocenters. The number of halogens is 1. The Morgan fingerprint density at radius 2 is 1.59 bits per heavy atom. The van der Waals surface area contributed by atoms with Crippen molar-refractivity contribution in [2.75, 3.05) is 11.9 Å². The molecular weight excluding hydrogens is 433 g/mol. The number of para-hydroxylation sites is 2. The Bertz CT molecular complexity index is 1140. The maximum Gasteiger partial charge on any atom is 0.317 e. The first-order chi connectivity index (χ1) is 16.5. The first-order valence-electron chi connectivity index (χ1n) is 11.6. The number of anilines is 1. The fourth-order valence-corrected chi connectivity index (χ4v) is 4.58. The molecular formula is C28H28FNO4. The highest BCUT2D eigenvalue weighted by Gasteiger charge is 2.47. The van der Waals surface area contributed by atoms with Gasteiger partial charge in [0.15, 0.2) is 0 Å². The van der Waals surface area contributed by atoms with Crippen molar-refractivity contribution in [1.82, 2.24) is 0 Å². The van der Waals surface area contributed by atoms with E-state index in [9.17, 15) is 14.0 Å². The van der Waals surface area contributed by atoms with Gasteiger partial charge in [0.25, 0.3) is 5.91 Å². The summed E-state index contributed by atoms with van der Waals surface area (Å²) >= 11 is 0. The van der Waals surface area contributed by atoms with Crippen molar-refractivity contribution in [3.8, 4) is 5.75 Å². The molecule has 1 N–H and O–H groups in total. The van der Waals surface area contributed by atoms with Crippen molar-refractivity contribution >= 4 is 17.6 Å². The molecule has 1 fully saturated rings. The standard InChI is InChI=1S/C28H28FNO4/c1-2-33-24-17-9-8-16-23(24)30-26(31)25(20-12-4-3-5-13-20)34-27(32)28(18-10-11-19-28)21-14-6-7-15-22(21)29/h3-9,12-17,25H,2,10-11,18-19H2,1H3,(H,30,31). The summed E-state index contributed by atoms with van der Waals surface area (Å²) in [5, 5.41) is 2.84. The molecule has 3 aromatic carbocycles. The number of ether oxygens (including phenoxy) is 2. The van der Waals surface area contributed by atoms with Gasteiger partial charge >= 0.3 is 5.97 Å². The summed E-state index contributed by atoms with van der Waals surface area (Å²) in [7, 11) is 0.